The molecular formula is C13H22N4O. The van der Waals surface area contributed by atoms with Gasteiger partial charge in [0.1, 0.15) is 0 Å². The van der Waals surface area contributed by atoms with Crippen LogP contribution in [0.2, 0.25) is 0 Å². The van der Waals surface area contributed by atoms with Crippen molar-refractivity contribution in [1.82, 2.24) is 20.4 Å². The summed E-state index contributed by atoms with van der Waals surface area (Å²) in [7, 11) is 0. The molecule has 0 amide bonds. The van der Waals surface area contributed by atoms with E-state index in [9.17, 15) is 0 Å². The Hall–Kier alpha value is -0.940. The fourth-order valence-corrected chi connectivity index (χ4v) is 2.98. The van der Waals surface area contributed by atoms with Crippen LogP contribution in [0, 0.1) is 0 Å². The van der Waals surface area contributed by atoms with Crippen molar-refractivity contribution in [2.75, 3.05) is 32.7 Å². The van der Waals surface area contributed by atoms with Gasteiger partial charge in [0.15, 0.2) is 5.82 Å². The number of likely N-dealkylation sites (tertiary alicyclic amines) is 1. The van der Waals surface area contributed by atoms with E-state index in [0.29, 0.717) is 11.8 Å². The third-order valence-electron chi connectivity index (χ3n) is 4.23. The number of aromatic nitrogens is 2. The van der Waals surface area contributed by atoms with Gasteiger partial charge < -0.3 is 14.7 Å². The lowest BCUT2D eigenvalue weighted by Crippen LogP contribution is -2.26. The van der Waals surface area contributed by atoms with Crippen LogP contribution in [0.1, 0.15) is 49.7 Å². The van der Waals surface area contributed by atoms with Gasteiger partial charge in [0.05, 0.1) is 0 Å². The summed E-state index contributed by atoms with van der Waals surface area (Å²) < 4.78 is 5.48. The zero-order valence-corrected chi connectivity index (χ0v) is 11.1. The van der Waals surface area contributed by atoms with Crippen LogP contribution in [-0.2, 0) is 0 Å². The molecule has 5 heteroatoms. The van der Waals surface area contributed by atoms with Crippen molar-refractivity contribution in [1.29, 1.82) is 0 Å². The maximum atomic E-state index is 5.48. The Morgan fingerprint density at radius 1 is 1.28 bits per heavy atom. The lowest BCUT2D eigenvalue weighted by Gasteiger charge is -2.18. The monoisotopic (exact) mass is 250 g/mol. The van der Waals surface area contributed by atoms with E-state index in [2.05, 4.69) is 27.3 Å². The van der Waals surface area contributed by atoms with E-state index in [0.717, 1.165) is 50.7 Å². The van der Waals surface area contributed by atoms with Crippen LogP contribution in [0.4, 0.5) is 0 Å². The van der Waals surface area contributed by atoms with E-state index in [1.165, 1.54) is 13.0 Å². The summed E-state index contributed by atoms with van der Waals surface area (Å²) in [5.41, 5.74) is 0. The molecule has 3 rings (SSSR count). The van der Waals surface area contributed by atoms with Crippen LogP contribution in [0.5, 0.6) is 0 Å². The first-order chi connectivity index (χ1) is 8.86. The second kappa shape index (κ2) is 5.36. The van der Waals surface area contributed by atoms with Crippen LogP contribution >= 0.6 is 0 Å². The van der Waals surface area contributed by atoms with E-state index < -0.39 is 0 Å². The van der Waals surface area contributed by atoms with Crippen LogP contribution in [0.3, 0.4) is 0 Å². The number of nitrogens with zero attached hydrogens (tertiary/aromatic N) is 3. The lowest BCUT2D eigenvalue weighted by atomic mass is 9.98. The first-order valence-corrected chi connectivity index (χ1v) is 7.13. The van der Waals surface area contributed by atoms with E-state index >= 15 is 0 Å². The molecular weight excluding hydrogens is 228 g/mol. The third kappa shape index (κ3) is 2.42. The second-order valence-corrected chi connectivity index (χ2v) is 5.39. The lowest BCUT2D eigenvalue weighted by molar-refractivity contribution is 0.315. The van der Waals surface area contributed by atoms with Gasteiger partial charge >= 0.3 is 0 Å². The summed E-state index contributed by atoms with van der Waals surface area (Å²) in [6.07, 6.45) is 3.40. The molecule has 0 aromatic carbocycles. The van der Waals surface area contributed by atoms with Crippen molar-refractivity contribution in [3.8, 4) is 0 Å². The average Bonchev–Trinajstić information content (AvgIpc) is 3.08. The van der Waals surface area contributed by atoms with E-state index in [4.69, 9.17) is 4.52 Å². The Labute approximate surface area is 108 Å². The highest BCUT2D eigenvalue weighted by Gasteiger charge is 2.28. The van der Waals surface area contributed by atoms with Gasteiger partial charge in [-0.15, -0.1) is 0 Å². The number of hydrogen-bond acceptors (Lipinski definition) is 5. The summed E-state index contributed by atoms with van der Waals surface area (Å²) >= 11 is 0. The molecule has 3 heterocycles. The number of rotatable bonds is 3. The minimum absolute atomic E-state index is 0.469. The summed E-state index contributed by atoms with van der Waals surface area (Å²) in [5.74, 6) is 2.74. The zero-order chi connectivity index (χ0) is 12.4. The summed E-state index contributed by atoms with van der Waals surface area (Å²) in [6, 6.07) is 0. The Morgan fingerprint density at radius 3 is 2.83 bits per heavy atom. The van der Waals surface area contributed by atoms with Crippen molar-refractivity contribution in [2.24, 2.45) is 0 Å². The van der Waals surface area contributed by atoms with E-state index in [-0.39, 0.29) is 0 Å². The van der Waals surface area contributed by atoms with E-state index in [1.807, 2.05) is 0 Å². The topological polar surface area (TPSA) is 54.2 Å². The first-order valence-electron chi connectivity index (χ1n) is 7.13. The molecule has 2 fully saturated rings. The van der Waals surface area contributed by atoms with Gasteiger partial charge in [-0.1, -0.05) is 12.1 Å². The van der Waals surface area contributed by atoms with E-state index in [1.54, 1.807) is 0 Å². The van der Waals surface area contributed by atoms with Crippen LogP contribution in [-0.4, -0.2) is 47.8 Å². The van der Waals surface area contributed by atoms with Gasteiger partial charge in [0.2, 0.25) is 5.89 Å². The molecule has 0 spiro atoms. The van der Waals surface area contributed by atoms with Crippen molar-refractivity contribution < 1.29 is 4.52 Å². The molecule has 0 aliphatic carbocycles. The highest BCUT2D eigenvalue weighted by Crippen LogP contribution is 2.28. The number of likely N-dealkylation sites (N-methyl/N-ethyl adjacent to an activating group) is 1. The predicted molar refractivity (Wildman–Crippen MR) is 68.6 cm³/mol. The summed E-state index contributed by atoms with van der Waals surface area (Å²) in [6.45, 7) is 7.71. The molecule has 1 N–H and O–H groups in total. The summed E-state index contributed by atoms with van der Waals surface area (Å²) in [4.78, 5) is 7.10. The average molecular weight is 250 g/mol. The molecule has 0 radical (unpaired) electrons. The smallest absolute Gasteiger partial charge is 0.229 e. The second-order valence-electron chi connectivity index (χ2n) is 5.39. The highest BCUT2D eigenvalue weighted by atomic mass is 16.5. The number of nitrogens with one attached hydrogen (secondary N) is 1. The number of hydrogen-bond donors (Lipinski definition) is 1. The highest BCUT2D eigenvalue weighted by molar-refractivity contribution is 5.03. The van der Waals surface area contributed by atoms with Crippen LogP contribution in [0.25, 0.3) is 0 Å². The molecule has 0 bridgehead atoms. The van der Waals surface area contributed by atoms with Crippen LogP contribution in [0.15, 0.2) is 4.52 Å². The molecule has 100 valence electrons. The van der Waals surface area contributed by atoms with Crippen molar-refractivity contribution in [3.63, 3.8) is 0 Å². The third-order valence-corrected chi connectivity index (χ3v) is 4.23. The Kier molecular flexibility index (Phi) is 3.61. The molecule has 1 aromatic rings. The minimum atomic E-state index is 0.469. The van der Waals surface area contributed by atoms with Gasteiger partial charge in [-0.25, -0.2) is 0 Å². The standard InChI is InChI=1S/C13H22N4O/c1-2-17-8-5-11(9-17)12-15-13(18-16-12)10-3-6-14-7-4-10/h10-11,14H,2-9H2,1H3. The summed E-state index contributed by atoms with van der Waals surface area (Å²) in [5, 5.41) is 7.57. The molecule has 1 aromatic heterocycles. The van der Waals surface area contributed by atoms with Gasteiger partial charge in [0, 0.05) is 18.4 Å². The fourth-order valence-electron chi connectivity index (χ4n) is 2.98. The molecule has 2 saturated heterocycles. The number of piperidine rings is 1. The van der Waals surface area contributed by atoms with Gasteiger partial charge in [0.25, 0.3) is 0 Å². The van der Waals surface area contributed by atoms with Crippen molar-refractivity contribution >= 4 is 0 Å². The molecule has 0 saturated carbocycles. The molecule has 2 aliphatic heterocycles. The van der Waals surface area contributed by atoms with Crippen molar-refractivity contribution in [3.05, 3.63) is 11.7 Å². The Bertz CT molecular complexity index is 386. The maximum absolute atomic E-state index is 5.48. The molecule has 18 heavy (non-hydrogen) atoms. The van der Waals surface area contributed by atoms with Crippen LogP contribution < -0.4 is 5.32 Å². The molecule has 2 aliphatic rings. The largest absolute Gasteiger partial charge is 0.339 e. The van der Waals surface area contributed by atoms with Gasteiger partial charge in [-0.3, -0.25) is 0 Å². The van der Waals surface area contributed by atoms with Gasteiger partial charge in [-0.05, 0) is 45.4 Å². The molecule has 1 unspecified atom stereocenters. The fraction of sp³-hybridized carbons (Fsp3) is 0.846. The molecule has 5 nitrogen and oxygen atoms in total. The molecule has 1 atom stereocenters. The maximum Gasteiger partial charge on any atom is 0.229 e. The first kappa shape index (κ1) is 12.1. The quantitative estimate of drug-likeness (QED) is 0.877. The van der Waals surface area contributed by atoms with Gasteiger partial charge in [-0.2, -0.15) is 4.98 Å². The van der Waals surface area contributed by atoms with Crippen molar-refractivity contribution in [2.45, 2.75) is 38.0 Å². The normalized spacial score (nSPS) is 26.8. The SMILES string of the molecule is CCN1CCC(c2noc(C3CCNCC3)n2)C1. The predicted octanol–water partition coefficient (Wildman–Crippen LogP) is 1.35. The Morgan fingerprint density at radius 2 is 2.11 bits per heavy atom. The Balaban J connectivity index is 1.66. The zero-order valence-electron chi connectivity index (χ0n) is 11.1. The minimum Gasteiger partial charge on any atom is -0.339 e.